The highest BCUT2D eigenvalue weighted by Crippen LogP contribution is 2.19. The van der Waals surface area contributed by atoms with Gasteiger partial charge in [-0.3, -0.25) is 0 Å². The van der Waals surface area contributed by atoms with Gasteiger partial charge in [0, 0.05) is 12.7 Å². The number of hydrogen-bond donors (Lipinski definition) is 2. The number of aromatic nitrogens is 2. The normalized spacial score (nSPS) is 9.13. The standard InChI is InChI=1S/C6H7BrClN3O.C3H8/c7-4-3-10-6(8)11-5(4)9-1-2-12;1-3-2/h3,12H,1-2H2,(H,9,10,11);3H2,1-2H3. The second-order valence-electron chi connectivity index (χ2n) is 2.69. The quantitative estimate of drug-likeness (QED) is 0.842. The molecule has 0 saturated heterocycles. The van der Waals surface area contributed by atoms with Crippen molar-refractivity contribution in [2.45, 2.75) is 20.3 Å². The first-order valence-corrected chi connectivity index (χ1v) is 5.85. The molecule has 0 atom stereocenters. The van der Waals surface area contributed by atoms with Gasteiger partial charge in [0.25, 0.3) is 0 Å². The lowest BCUT2D eigenvalue weighted by Crippen LogP contribution is -2.07. The molecule has 1 rings (SSSR count). The number of nitrogens with one attached hydrogen (secondary N) is 1. The first-order valence-electron chi connectivity index (χ1n) is 4.68. The monoisotopic (exact) mass is 295 g/mol. The molecule has 86 valence electrons. The summed E-state index contributed by atoms with van der Waals surface area (Å²) in [5.74, 6) is 0.587. The Morgan fingerprint density at radius 3 is 2.67 bits per heavy atom. The summed E-state index contributed by atoms with van der Waals surface area (Å²) >= 11 is 8.78. The number of aliphatic hydroxyl groups excluding tert-OH is 1. The van der Waals surface area contributed by atoms with Crippen molar-refractivity contribution in [1.82, 2.24) is 9.97 Å². The Balaban J connectivity index is 0.000000583. The molecule has 0 spiro atoms. The number of nitrogens with zero attached hydrogens (tertiary/aromatic N) is 2. The SMILES string of the molecule is CCC.OCCNc1nc(Cl)ncc1Br. The average molecular weight is 297 g/mol. The van der Waals surface area contributed by atoms with Crippen LogP contribution in [0.5, 0.6) is 0 Å². The third-order valence-electron chi connectivity index (χ3n) is 1.12. The van der Waals surface area contributed by atoms with Crippen LogP contribution >= 0.6 is 27.5 Å². The maximum absolute atomic E-state index is 8.53. The van der Waals surface area contributed by atoms with E-state index in [1.54, 1.807) is 6.20 Å². The molecule has 0 radical (unpaired) electrons. The smallest absolute Gasteiger partial charge is 0.224 e. The maximum atomic E-state index is 8.53. The Morgan fingerprint density at radius 2 is 2.13 bits per heavy atom. The van der Waals surface area contributed by atoms with Crippen molar-refractivity contribution < 1.29 is 5.11 Å². The molecule has 15 heavy (non-hydrogen) atoms. The fraction of sp³-hybridized carbons (Fsp3) is 0.556. The molecule has 1 heterocycles. The first kappa shape index (κ1) is 14.6. The molecule has 6 heteroatoms. The molecule has 0 amide bonds. The summed E-state index contributed by atoms with van der Waals surface area (Å²) in [5, 5.41) is 11.6. The number of hydrogen-bond acceptors (Lipinski definition) is 4. The van der Waals surface area contributed by atoms with Crippen LogP contribution in [0, 0.1) is 0 Å². The average Bonchev–Trinajstić information content (AvgIpc) is 2.21. The van der Waals surface area contributed by atoms with E-state index in [1.807, 2.05) is 0 Å². The number of anilines is 1. The summed E-state index contributed by atoms with van der Waals surface area (Å²) in [6.45, 7) is 4.74. The minimum atomic E-state index is 0.0497. The van der Waals surface area contributed by atoms with E-state index in [4.69, 9.17) is 16.7 Å². The van der Waals surface area contributed by atoms with Gasteiger partial charge in [0.2, 0.25) is 5.28 Å². The molecule has 0 bridgehead atoms. The Morgan fingerprint density at radius 1 is 1.53 bits per heavy atom. The van der Waals surface area contributed by atoms with Crippen molar-refractivity contribution in [3.05, 3.63) is 16.0 Å². The summed E-state index contributed by atoms with van der Waals surface area (Å²) in [6.07, 6.45) is 2.80. The zero-order valence-corrected chi connectivity index (χ0v) is 11.1. The summed E-state index contributed by atoms with van der Waals surface area (Å²) < 4.78 is 0.723. The summed E-state index contributed by atoms with van der Waals surface area (Å²) in [5.41, 5.74) is 0. The van der Waals surface area contributed by atoms with E-state index in [0.717, 1.165) is 4.47 Å². The van der Waals surface area contributed by atoms with Crippen LogP contribution in [0.15, 0.2) is 10.7 Å². The highest BCUT2D eigenvalue weighted by molar-refractivity contribution is 9.10. The Labute approximate surface area is 103 Å². The summed E-state index contributed by atoms with van der Waals surface area (Å²) in [4.78, 5) is 7.65. The van der Waals surface area contributed by atoms with Gasteiger partial charge >= 0.3 is 0 Å². The third-order valence-corrected chi connectivity index (χ3v) is 1.88. The molecule has 2 N–H and O–H groups in total. The molecule has 4 nitrogen and oxygen atoms in total. The Bertz CT molecular complexity index is 286. The molecule has 1 aromatic rings. The van der Waals surface area contributed by atoms with Crippen LogP contribution in [0.25, 0.3) is 0 Å². The van der Waals surface area contributed by atoms with Gasteiger partial charge in [-0.15, -0.1) is 0 Å². The molecule has 0 aliphatic rings. The van der Waals surface area contributed by atoms with Gasteiger partial charge in [-0.25, -0.2) is 4.98 Å². The zero-order valence-electron chi connectivity index (χ0n) is 8.80. The van der Waals surface area contributed by atoms with Crippen LogP contribution < -0.4 is 5.32 Å². The number of halogens is 2. The van der Waals surface area contributed by atoms with Crippen LogP contribution in [0.2, 0.25) is 5.28 Å². The minimum Gasteiger partial charge on any atom is -0.395 e. The van der Waals surface area contributed by atoms with E-state index in [0.29, 0.717) is 12.4 Å². The third kappa shape index (κ3) is 6.65. The van der Waals surface area contributed by atoms with E-state index in [2.05, 4.69) is 45.1 Å². The van der Waals surface area contributed by atoms with Gasteiger partial charge in [0.15, 0.2) is 0 Å². The molecule has 0 aliphatic carbocycles. The summed E-state index contributed by atoms with van der Waals surface area (Å²) in [7, 11) is 0. The van der Waals surface area contributed by atoms with Gasteiger partial charge in [-0.2, -0.15) is 4.98 Å². The number of rotatable bonds is 3. The lowest BCUT2D eigenvalue weighted by atomic mass is 10.5. The van der Waals surface area contributed by atoms with Gasteiger partial charge in [-0.1, -0.05) is 20.3 Å². The van der Waals surface area contributed by atoms with Crippen LogP contribution in [-0.4, -0.2) is 28.2 Å². The Kier molecular flexibility index (Phi) is 8.65. The fourth-order valence-corrected chi connectivity index (χ4v) is 1.11. The molecule has 0 fully saturated rings. The lowest BCUT2D eigenvalue weighted by Gasteiger charge is -2.04. The van der Waals surface area contributed by atoms with Crippen molar-refractivity contribution >= 4 is 33.3 Å². The zero-order chi connectivity index (χ0) is 11.7. The van der Waals surface area contributed by atoms with Crippen LogP contribution in [0.4, 0.5) is 5.82 Å². The number of aliphatic hydroxyl groups is 1. The second-order valence-corrected chi connectivity index (χ2v) is 3.89. The molecular weight excluding hydrogens is 281 g/mol. The van der Waals surface area contributed by atoms with Gasteiger partial charge in [0.1, 0.15) is 5.82 Å². The van der Waals surface area contributed by atoms with E-state index >= 15 is 0 Å². The lowest BCUT2D eigenvalue weighted by molar-refractivity contribution is 0.311. The largest absolute Gasteiger partial charge is 0.395 e. The molecule has 0 aliphatic heterocycles. The highest BCUT2D eigenvalue weighted by atomic mass is 79.9. The molecular formula is C9H15BrClN3O. The maximum Gasteiger partial charge on any atom is 0.224 e. The van der Waals surface area contributed by atoms with Crippen LogP contribution in [0.1, 0.15) is 20.3 Å². The fourth-order valence-electron chi connectivity index (χ4n) is 0.644. The molecule has 0 aromatic carbocycles. The Hall–Kier alpha value is -0.390. The van der Waals surface area contributed by atoms with Crippen LogP contribution in [0.3, 0.4) is 0 Å². The topological polar surface area (TPSA) is 58.0 Å². The molecule has 1 aromatic heterocycles. The summed E-state index contributed by atoms with van der Waals surface area (Å²) in [6, 6.07) is 0. The first-order chi connectivity index (χ1) is 7.15. The van der Waals surface area contributed by atoms with E-state index < -0.39 is 0 Å². The predicted octanol–water partition coefficient (Wildman–Crippen LogP) is 2.71. The molecule has 0 unspecified atom stereocenters. The second kappa shape index (κ2) is 8.88. The molecule has 0 saturated carbocycles. The van der Waals surface area contributed by atoms with E-state index in [1.165, 1.54) is 6.42 Å². The van der Waals surface area contributed by atoms with Gasteiger partial charge < -0.3 is 10.4 Å². The van der Waals surface area contributed by atoms with Crippen LogP contribution in [-0.2, 0) is 0 Å². The van der Waals surface area contributed by atoms with Crippen molar-refractivity contribution in [3.63, 3.8) is 0 Å². The van der Waals surface area contributed by atoms with Crippen molar-refractivity contribution in [1.29, 1.82) is 0 Å². The highest BCUT2D eigenvalue weighted by Gasteiger charge is 2.01. The van der Waals surface area contributed by atoms with Crippen molar-refractivity contribution in [2.75, 3.05) is 18.5 Å². The van der Waals surface area contributed by atoms with Gasteiger partial charge in [-0.05, 0) is 27.5 Å². The predicted molar refractivity (Wildman–Crippen MR) is 66.3 cm³/mol. The minimum absolute atomic E-state index is 0.0497. The van der Waals surface area contributed by atoms with Crippen molar-refractivity contribution in [3.8, 4) is 0 Å². The van der Waals surface area contributed by atoms with Crippen molar-refractivity contribution in [2.24, 2.45) is 0 Å². The van der Waals surface area contributed by atoms with E-state index in [-0.39, 0.29) is 11.9 Å². The van der Waals surface area contributed by atoms with E-state index in [9.17, 15) is 0 Å². The van der Waals surface area contributed by atoms with Gasteiger partial charge in [0.05, 0.1) is 11.1 Å².